The first-order chi connectivity index (χ1) is 18.0. The molecule has 1 atom stereocenters. The molecule has 0 spiro atoms. The van der Waals surface area contributed by atoms with E-state index < -0.39 is 23.8 Å². The van der Waals surface area contributed by atoms with E-state index >= 15 is 0 Å². The summed E-state index contributed by atoms with van der Waals surface area (Å²) in [5.74, 6) is 0.187. The van der Waals surface area contributed by atoms with Crippen molar-refractivity contribution in [1.29, 1.82) is 0 Å². The smallest absolute Gasteiger partial charge is 0.407 e. The van der Waals surface area contributed by atoms with Gasteiger partial charge >= 0.3 is 12.1 Å². The molecule has 1 heterocycles. The summed E-state index contributed by atoms with van der Waals surface area (Å²) < 4.78 is 17.5. The topological polar surface area (TPSA) is 114 Å². The molecule has 3 aromatic carbocycles. The summed E-state index contributed by atoms with van der Waals surface area (Å²) >= 11 is 0. The summed E-state index contributed by atoms with van der Waals surface area (Å²) in [5.41, 5.74) is 5.31. The van der Waals surface area contributed by atoms with Crippen LogP contribution in [0.3, 0.4) is 0 Å². The van der Waals surface area contributed by atoms with Crippen molar-refractivity contribution < 1.29 is 34.0 Å². The summed E-state index contributed by atoms with van der Waals surface area (Å²) in [7, 11) is 0. The maximum absolute atomic E-state index is 12.1. The fourth-order valence-electron chi connectivity index (χ4n) is 4.26. The van der Waals surface area contributed by atoms with Crippen LogP contribution in [-0.4, -0.2) is 27.9 Å². The first-order valence-corrected chi connectivity index (χ1v) is 12.5. The van der Waals surface area contributed by atoms with Crippen molar-refractivity contribution >= 4 is 12.1 Å². The van der Waals surface area contributed by atoms with Crippen LogP contribution in [-0.2, 0) is 35.7 Å². The third-order valence-corrected chi connectivity index (χ3v) is 6.06. The lowest BCUT2D eigenvalue weighted by molar-refractivity contribution is -0.136. The Hall–Kier alpha value is -4.04. The lowest BCUT2D eigenvalue weighted by Crippen LogP contribution is -2.32. The molecule has 0 aliphatic carbocycles. The number of para-hydroxylation sites is 1. The second kappa shape index (κ2) is 11.1. The van der Waals surface area contributed by atoms with Gasteiger partial charge in [0, 0.05) is 23.2 Å². The molecule has 3 aromatic rings. The van der Waals surface area contributed by atoms with E-state index in [1.807, 2.05) is 57.2 Å². The Morgan fingerprint density at radius 2 is 1.84 bits per heavy atom. The van der Waals surface area contributed by atoms with Crippen LogP contribution < -0.4 is 14.8 Å². The summed E-state index contributed by atoms with van der Waals surface area (Å²) in [6.45, 7) is 7.98. The molecule has 1 aliphatic heterocycles. The van der Waals surface area contributed by atoms with Gasteiger partial charge < -0.3 is 29.7 Å². The van der Waals surface area contributed by atoms with E-state index in [0.717, 1.165) is 27.8 Å². The maximum atomic E-state index is 12.1. The molecule has 4 rings (SSSR count). The number of hydrogen-bond acceptors (Lipinski definition) is 6. The Morgan fingerprint density at radius 3 is 2.55 bits per heavy atom. The van der Waals surface area contributed by atoms with E-state index in [-0.39, 0.29) is 19.6 Å². The second-order valence-electron chi connectivity index (χ2n) is 10.3. The fraction of sp³-hybridized carbons (Fsp3) is 0.333. The van der Waals surface area contributed by atoms with Crippen LogP contribution in [0.25, 0.3) is 11.1 Å². The van der Waals surface area contributed by atoms with Crippen molar-refractivity contribution in [2.24, 2.45) is 0 Å². The van der Waals surface area contributed by atoms with E-state index in [4.69, 9.17) is 14.2 Å². The molecule has 8 nitrogen and oxygen atoms in total. The van der Waals surface area contributed by atoms with Gasteiger partial charge in [-0.1, -0.05) is 42.5 Å². The zero-order valence-electron chi connectivity index (χ0n) is 22.0. The number of aliphatic hydroxyl groups excluding tert-OH is 1. The number of carbonyl (C=O) groups excluding carboxylic acids is 1. The van der Waals surface area contributed by atoms with Gasteiger partial charge in [0.05, 0.1) is 12.5 Å². The van der Waals surface area contributed by atoms with Crippen LogP contribution >= 0.6 is 0 Å². The highest BCUT2D eigenvalue weighted by molar-refractivity contribution is 5.77. The van der Waals surface area contributed by atoms with Gasteiger partial charge in [-0.25, -0.2) is 4.79 Å². The largest absolute Gasteiger partial charge is 0.489 e. The van der Waals surface area contributed by atoms with Gasteiger partial charge in [-0.05, 0) is 62.1 Å². The van der Waals surface area contributed by atoms with Crippen molar-refractivity contribution in [3.63, 3.8) is 0 Å². The Balaban J connectivity index is 1.54. The van der Waals surface area contributed by atoms with Gasteiger partial charge in [0.15, 0.2) is 0 Å². The summed E-state index contributed by atoms with van der Waals surface area (Å²) in [5, 5.41) is 22.0. The highest BCUT2D eigenvalue weighted by Gasteiger charge is 2.22. The zero-order chi connectivity index (χ0) is 27.4. The first-order valence-electron chi connectivity index (χ1n) is 12.5. The first kappa shape index (κ1) is 27.0. The van der Waals surface area contributed by atoms with Crippen molar-refractivity contribution in [3.05, 3.63) is 82.4 Å². The number of amides is 1. The van der Waals surface area contributed by atoms with E-state index in [9.17, 15) is 19.8 Å². The number of nitrogens with one attached hydrogen (secondary N) is 1. The van der Waals surface area contributed by atoms with Crippen molar-refractivity contribution in [2.75, 3.05) is 0 Å². The van der Waals surface area contributed by atoms with Crippen molar-refractivity contribution in [1.82, 2.24) is 5.32 Å². The van der Waals surface area contributed by atoms with Crippen molar-refractivity contribution in [3.8, 4) is 22.6 Å². The van der Waals surface area contributed by atoms with Gasteiger partial charge in [-0.3, -0.25) is 4.79 Å². The Bertz CT molecular complexity index is 1340. The number of fused-ring (bicyclic) bond motifs is 3. The summed E-state index contributed by atoms with van der Waals surface area (Å²) in [4.78, 5) is 23.5. The maximum Gasteiger partial charge on any atom is 0.407 e. The van der Waals surface area contributed by atoms with Crippen LogP contribution in [0, 0.1) is 0 Å². The molecule has 1 unspecified atom stereocenters. The minimum Gasteiger partial charge on any atom is -0.489 e. The van der Waals surface area contributed by atoms with Gasteiger partial charge in [0.2, 0.25) is 0 Å². The number of alkyl carbamates (subject to hydrolysis) is 1. The van der Waals surface area contributed by atoms with Crippen LogP contribution in [0.5, 0.6) is 11.5 Å². The zero-order valence-corrected chi connectivity index (χ0v) is 22.0. The average molecular weight is 520 g/mol. The molecule has 0 saturated heterocycles. The highest BCUT2D eigenvalue weighted by Crippen LogP contribution is 2.40. The molecule has 0 saturated carbocycles. The molecule has 1 amide bonds. The number of carboxylic acid groups (broad SMARTS) is 1. The van der Waals surface area contributed by atoms with Crippen LogP contribution in [0.15, 0.2) is 54.6 Å². The molecular formula is C30H33NO7. The lowest BCUT2D eigenvalue weighted by Gasteiger charge is -2.24. The Morgan fingerprint density at radius 1 is 1.05 bits per heavy atom. The molecule has 1 aliphatic rings. The molecule has 0 fully saturated rings. The number of aliphatic hydroxyl groups is 1. The summed E-state index contributed by atoms with van der Waals surface area (Å²) in [6.07, 6.45) is -1.37. The van der Waals surface area contributed by atoms with E-state index in [1.165, 1.54) is 0 Å². The van der Waals surface area contributed by atoms with Crippen LogP contribution in [0.4, 0.5) is 4.79 Å². The quantitative estimate of drug-likeness (QED) is 0.358. The number of carboxylic acids is 1. The highest BCUT2D eigenvalue weighted by atomic mass is 16.6. The number of hydrogen-bond donors (Lipinski definition) is 3. The number of aliphatic carboxylic acids is 1. The van der Waals surface area contributed by atoms with Crippen LogP contribution in [0.1, 0.15) is 61.6 Å². The molecule has 38 heavy (non-hydrogen) atoms. The molecule has 8 heteroatoms. The van der Waals surface area contributed by atoms with Gasteiger partial charge in [0.1, 0.15) is 30.3 Å². The van der Waals surface area contributed by atoms with E-state index in [0.29, 0.717) is 29.2 Å². The molecule has 0 bridgehead atoms. The predicted molar refractivity (Wildman–Crippen MR) is 142 cm³/mol. The van der Waals surface area contributed by atoms with Gasteiger partial charge in [0.25, 0.3) is 0 Å². The molecule has 0 radical (unpaired) electrons. The predicted octanol–water partition coefficient (Wildman–Crippen LogP) is 5.53. The third-order valence-electron chi connectivity index (χ3n) is 6.06. The molecule has 200 valence electrons. The SMILES string of the molecule is CC(O)c1ccc(CC(=O)O)c(OCc2ccc3c(c2)-c2cccc(CNC(=O)OC(C)(C)C)c2OC3)c1. The minimum atomic E-state index is -0.956. The Labute approximate surface area is 222 Å². The summed E-state index contributed by atoms with van der Waals surface area (Å²) in [6, 6.07) is 16.9. The average Bonchev–Trinajstić information content (AvgIpc) is 2.85. The number of ether oxygens (including phenoxy) is 3. The van der Waals surface area contributed by atoms with Crippen molar-refractivity contribution in [2.45, 2.75) is 65.6 Å². The number of rotatable bonds is 8. The van der Waals surface area contributed by atoms with E-state index in [1.54, 1.807) is 25.1 Å². The minimum absolute atomic E-state index is 0.176. The second-order valence-corrected chi connectivity index (χ2v) is 10.3. The molecular weight excluding hydrogens is 486 g/mol. The van der Waals surface area contributed by atoms with Gasteiger partial charge in [-0.2, -0.15) is 0 Å². The normalized spacial score (nSPS) is 13.0. The van der Waals surface area contributed by atoms with Gasteiger partial charge in [-0.15, -0.1) is 0 Å². The standard InChI is InChI=1S/C30H33NO7/c1-18(32)20-10-11-21(14-27(33)34)26(13-20)36-16-19-8-9-23-17-37-28-22(6-5-7-24(28)25(23)12-19)15-31-29(35)38-30(2,3)4/h5-13,18,32H,14-17H2,1-4H3,(H,31,35)(H,33,34). The lowest BCUT2D eigenvalue weighted by atomic mass is 9.93. The number of carbonyl (C=O) groups is 2. The number of benzene rings is 3. The monoisotopic (exact) mass is 519 g/mol. The Kier molecular flexibility index (Phi) is 7.92. The molecule has 0 aromatic heterocycles. The third kappa shape index (κ3) is 6.63. The van der Waals surface area contributed by atoms with Crippen LogP contribution in [0.2, 0.25) is 0 Å². The fourth-order valence-corrected chi connectivity index (χ4v) is 4.26. The van der Waals surface area contributed by atoms with E-state index in [2.05, 4.69) is 5.32 Å². The molecule has 3 N–H and O–H groups in total.